The molecule has 3 nitrogen and oxygen atoms in total. The van der Waals surface area contributed by atoms with Crippen LogP contribution in [0, 0.1) is 5.82 Å². The molecular formula is C13H12ClFN2O. The highest BCUT2D eigenvalue weighted by Gasteiger charge is 2.05. The van der Waals surface area contributed by atoms with Gasteiger partial charge in [0.2, 0.25) is 0 Å². The van der Waals surface area contributed by atoms with Crippen molar-refractivity contribution in [1.29, 1.82) is 0 Å². The van der Waals surface area contributed by atoms with E-state index in [4.69, 9.17) is 22.1 Å². The number of hydrogen-bond acceptors (Lipinski definition) is 3. The van der Waals surface area contributed by atoms with E-state index < -0.39 is 5.82 Å². The lowest BCUT2D eigenvalue weighted by Gasteiger charge is -2.08. The van der Waals surface area contributed by atoms with Crippen LogP contribution in [-0.4, -0.2) is 4.98 Å². The van der Waals surface area contributed by atoms with Gasteiger partial charge in [-0.1, -0.05) is 11.6 Å². The van der Waals surface area contributed by atoms with Crippen LogP contribution in [0.25, 0.3) is 0 Å². The average Bonchev–Trinajstić information content (AvgIpc) is 2.34. The molecule has 0 aliphatic rings. The van der Waals surface area contributed by atoms with Gasteiger partial charge in [-0.2, -0.15) is 0 Å². The average molecular weight is 267 g/mol. The van der Waals surface area contributed by atoms with Crippen molar-refractivity contribution in [1.82, 2.24) is 4.98 Å². The Bertz CT molecular complexity index is 543. The Balaban J connectivity index is 2.15. The maximum absolute atomic E-state index is 13.2. The molecule has 0 amide bonds. The third-order valence-corrected chi connectivity index (χ3v) is 2.66. The van der Waals surface area contributed by atoms with Crippen LogP contribution in [0.15, 0.2) is 36.5 Å². The summed E-state index contributed by atoms with van der Waals surface area (Å²) in [5.74, 6) is 0.364. The zero-order valence-corrected chi connectivity index (χ0v) is 10.5. The molecule has 0 saturated carbocycles. The van der Waals surface area contributed by atoms with Crippen LogP contribution in [0.5, 0.6) is 11.5 Å². The molecule has 1 unspecified atom stereocenters. The molecular weight excluding hydrogens is 255 g/mol. The minimum absolute atomic E-state index is 0.0628. The summed E-state index contributed by atoms with van der Waals surface area (Å²) < 4.78 is 18.7. The van der Waals surface area contributed by atoms with Gasteiger partial charge < -0.3 is 10.5 Å². The summed E-state index contributed by atoms with van der Waals surface area (Å²) in [4.78, 5) is 4.14. The molecule has 1 aromatic carbocycles. The summed E-state index contributed by atoms with van der Waals surface area (Å²) in [6, 6.07) is 7.62. The lowest BCUT2D eigenvalue weighted by molar-refractivity contribution is 0.473. The van der Waals surface area contributed by atoms with E-state index in [0.29, 0.717) is 11.5 Å². The molecule has 0 spiro atoms. The Labute approximate surface area is 109 Å². The summed E-state index contributed by atoms with van der Waals surface area (Å²) >= 11 is 5.58. The molecule has 2 N–H and O–H groups in total. The monoisotopic (exact) mass is 266 g/mol. The van der Waals surface area contributed by atoms with E-state index in [2.05, 4.69) is 4.98 Å². The molecule has 1 atom stereocenters. The number of aromatic nitrogens is 1. The van der Waals surface area contributed by atoms with Crippen LogP contribution in [0.1, 0.15) is 18.7 Å². The zero-order chi connectivity index (χ0) is 13.1. The lowest BCUT2D eigenvalue weighted by Crippen LogP contribution is -2.06. The molecule has 2 rings (SSSR count). The lowest BCUT2D eigenvalue weighted by atomic mass is 10.2. The summed E-state index contributed by atoms with van der Waals surface area (Å²) in [7, 11) is 0. The van der Waals surface area contributed by atoms with Gasteiger partial charge in [0.05, 0.1) is 16.9 Å². The molecule has 5 heteroatoms. The Hall–Kier alpha value is -1.65. The molecule has 0 saturated heterocycles. The standard InChI is InChI=1S/C13H12ClFN2O/c1-8(16)13-5-3-10(7-17-13)18-9-2-4-11(14)12(15)6-9/h2-8H,16H2,1H3. The van der Waals surface area contributed by atoms with Crippen molar-refractivity contribution >= 4 is 11.6 Å². The molecule has 0 radical (unpaired) electrons. The highest BCUT2D eigenvalue weighted by Crippen LogP contribution is 2.25. The van der Waals surface area contributed by atoms with Crippen molar-refractivity contribution in [3.8, 4) is 11.5 Å². The van der Waals surface area contributed by atoms with Crippen molar-refractivity contribution in [2.45, 2.75) is 13.0 Å². The van der Waals surface area contributed by atoms with Gasteiger partial charge in [-0.05, 0) is 31.2 Å². The maximum atomic E-state index is 13.2. The van der Waals surface area contributed by atoms with E-state index in [9.17, 15) is 4.39 Å². The molecule has 94 valence electrons. The zero-order valence-electron chi connectivity index (χ0n) is 9.73. The van der Waals surface area contributed by atoms with Gasteiger partial charge in [0, 0.05) is 12.1 Å². The first-order chi connectivity index (χ1) is 8.56. The molecule has 0 fully saturated rings. The fraction of sp³-hybridized carbons (Fsp3) is 0.154. The van der Waals surface area contributed by atoms with E-state index in [1.165, 1.54) is 12.1 Å². The number of halogens is 2. The summed E-state index contributed by atoms with van der Waals surface area (Å²) in [5.41, 5.74) is 6.45. The van der Waals surface area contributed by atoms with Gasteiger partial charge in [-0.15, -0.1) is 0 Å². The van der Waals surface area contributed by atoms with Crippen molar-refractivity contribution < 1.29 is 9.13 Å². The van der Waals surface area contributed by atoms with Gasteiger partial charge in [0.15, 0.2) is 0 Å². The van der Waals surface area contributed by atoms with E-state index in [-0.39, 0.29) is 11.1 Å². The van der Waals surface area contributed by atoms with Crippen LogP contribution < -0.4 is 10.5 Å². The van der Waals surface area contributed by atoms with Gasteiger partial charge in [-0.3, -0.25) is 4.98 Å². The van der Waals surface area contributed by atoms with Crippen molar-refractivity contribution in [2.75, 3.05) is 0 Å². The third-order valence-electron chi connectivity index (χ3n) is 2.35. The number of rotatable bonds is 3. The number of benzene rings is 1. The molecule has 0 aliphatic heterocycles. The van der Waals surface area contributed by atoms with E-state index >= 15 is 0 Å². The van der Waals surface area contributed by atoms with Crippen LogP contribution >= 0.6 is 11.6 Å². The largest absolute Gasteiger partial charge is 0.456 e. The number of hydrogen-bond donors (Lipinski definition) is 1. The van der Waals surface area contributed by atoms with E-state index in [1.54, 1.807) is 24.4 Å². The fourth-order valence-electron chi connectivity index (χ4n) is 1.40. The Kier molecular flexibility index (Phi) is 3.79. The molecule has 2 aromatic rings. The number of nitrogens with two attached hydrogens (primary N) is 1. The van der Waals surface area contributed by atoms with Gasteiger partial charge in [0.1, 0.15) is 17.3 Å². The Morgan fingerprint density at radius 2 is 2.00 bits per heavy atom. The SMILES string of the molecule is CC(N)c1ccc(Oc2ccc(Cl)c(F)c2)cn1. The minimum Gasteiger partial charge on any atom is -0.456 e. The van der Waals surface area contributed by atoms with Crippen molar-refractivity contribution in [3.63, 3.8) is 0 Å². The molecule has 1 heterocycles. The second-order valence-corrected chi connectivity index (χ2v) is 4.29. The Morgan fingerprint density at radius 1 is 1.28 bits per heavy atom. The minimum atomic E-state index is -0.519. The quantitative estimate of drug-likeness (QED) is 0.922. The number of ether oxygens (including phenoxy) is 1. The smallest absolute Gasteiger partial charge is 0.145 e. The summed E-state index contributed by atoms with van der Waals surface area (Å²) in [5, 5.41) is 0.0628. The maximum Gasteiger partial charge on any atom is 0.145 e. The van der Waals surface area contributed by atoms with Gasteiger partial charge in [-0.25, -0.2) is 4.39 Å². The summed E-state index contributed by atoms with van der Waals surface area (Å²) in [6.45, 7) is 1.84. The van der Waals surface area contributed by atoms with E-state index in [0.717, 1.165) is 5.69 Å². The first kappa shape index (κ1) is 12.8. The first-order valence-electron chi connectivity index (χ1n) is 5.40. The van der Waals surface area contributed by atoms with Crippen molar-refractivity contribution in [3.05, 3.63) is 53.1 Å². The van der Waals surface area contributed by atoms with Crippen LogP contribution in [-0.2, 0) is 0 Å². The van der Waals surface area contributed by atoms with Crippen molar-refractivity contribution in [2.24, 2.45) is 5.73 Å². The van der Waals surface area contributed by atoms with Gasteiger partial charge in [0.25, 0.3) is 0 Å². The Morgan fingerprint density at radius 3 is 2.56 bits per heavy atom. The molecule has 18 heavy (non-hydrogen) atoms. The van der Waals surface area contributed by atoms with Crippen LogP contribution in [0.3, 0.4) is 0 Å². The third kappa shape index (κ3) is 2.97. The second-order valence-electron chi connectivity index (χ2n) is 3.89. The fourth-order valence-corrected chi connectivity index (χ4v) is 1.52. The second kappa shape index (κ2) is 5.33. The van der Waals surface area contributed by atoms with Crippen LogP contribution in [0.2, 0.25) is 5.02 Å². The highest BCUT2D eigenvalue weighted by molar-refractivity contribution is 6.30. The first-order valence-corrected chi connectivity index (χ1v) is 5.78. The molecule has 1 aromatic heterocycles. The predicted molar refractivity (Wildman–Crippen MR) is 68.3 cm³/mol. The molecule has 0 bridgehead atoms. The normalized spacial score (nSPS) is 12.2. The van der Waals surface area contributed by atoms with Crippen LogP contribution in [0.4, 0.5) is 4.39 Å². The highest BCUT2D eigenvalue weighted by atomic mass is 35.5. The number of nitrogens with zero attached hydrogens (tertiary/aromatic N) is 1. The molecule has 0 aliphatic carbocycles. The summed E-state index contributed by atoms with van der Waals surface area (Å²) in [6.07, 6.45) is 1.55. The topological polar surface area (TPSA) is 48.1 Å². The number of pyridine rings is 1. The van der Waals surface area contributed by atoms with E-state index in [1.807, 2.05) is 6.92 Å². The predicted octanol–water partition coefficient (Wildman–Crippen LogP) is 3.69. The van der Waals surface area contributed by atoms with Gasteiger partial charge >= 0.3 is 0 Å².